The van der Waals surface area contributed by atoms with Gasteiger partial charge in [0, 0.05) is 31.1 Å². The fourth-order valence-electron chi connectivity index (χ4n) is 3.09. The number of aromatic nitrogens is 1. The van der Waals surface area contributed by atoms with Crippen LogP contribution in [-0.2, 0) is 11.2 Å². The topological polar surface area (TPSA) is 107 Å². The minimum absolute atomic E-state index is 0.0821. The van der Waals surface area contributed by atoms with Gasteiger partial charge >= 0.3 is 5.63 Å². The van der Waals surface area contributed by atoms with E-state index in [0.717, 1.165) is 31.4 Å². The minimum Gasteiger partial charge on any atom is -0.427 e. The largest absolute Gasteiger partial charge is 0.427 e. The number of rotatable bonds is 6. The van der Waals surface area contributed by atoms with Gasteiger partial charge in [-0.15, -0.1) is 11.3 Å². The normalized spacial score (nSPS) is 15.1. The smallest absolute Gasteiger partial charge is 0.349 e. The van der Waals surface area contributed by atoms with Crippen LogP contribution in [0, 0.1) is 6.92 Å². The third kappa shape index (κ3) is 4.50. The zero-order valence-corrected chi connectivity index (χ0v) is 15.6. The predicted molar refractivity (Wildman–Crippen MR) is 99.7 cm³/mol. The second-order valence-electron chi connectivity index (χ2n) is 6.42. The number of aryl methyl sites for hydroxylation is 2. The summed E-state index contributed by atoms with van der Waals surface area (Å²) in [5.41, 5.74) is 6.66. The van der Waals surface area contributed by atoms with E-state index < -0.39 is 11.5 Å². The van der Waals surface area contributed by atoms with Crippen LogP contribution >= 0.6 is 11.3 Å². The van der Waals surface area contributed by atoms with Gasteiger partial charge in [0.1, 0.15) is 11.3 Å². The van der Waals surface area contributed by atoms with Gasteiger partial charge in [0.15, 0.2) is 5.13 Å². The van der Waals surface area contributed by atoms with Crippen molar-refractivity contribution in [2.75, 3.05) is 25.5 Å². The lowest BCUT2D eigenvalue weighted by molar-refractivity contribution is 0.0795. The Kier molecular flexibility index (Phi) is 6.05. The summed E-state index contributed by atoms with van der Waals surface area (Å²) < 4.78 is 10.8. The molecule has 0 aliphatic carbocycles. The molecule has 2 aromatic rings. The van der Waals surface area contributed by atoms with Gasteiger partial charge < -0.3 is 20.2 Å². The summed E-state index contributed by atoms with van der Waals surface area (Å²) in [5, 5.41) is 5.23. The van der Waals surface area contributed by atoms with Crippen LogP contribution in [0.2, 0.25) is 0 Å². The highest BCUT2D eigenvalue weighted by Gasteiger charge is 2.22. The predicted octanol–water partition coefficient (Wildman–Crippen LogP) is 2.24. The molecule has 0 bridgehead atoms. The number of hydrogen-bond donors (Lipinski definition) is 2. The molecule has 3 N–H and O–H groups in total. The Balaban J connectivity index is 1.59. The Morgan fingerprint density at radius 2 is 2.19 bits per heavy atom. The number of hydrogen-bond acceptors (Lipinski definition) is 7. The zero-order chi connectivity index (χ0) is 18.5. The van der Waals surface area contributed by atoms with E-state index in [-0.39, 0.29) is 11.5 Å². The van der Waals surface area contributed by atoms with Gasteiger partial charge in [-0.3, -0.25) is 4.79 Å². The van der Waals surface area contributed by atoms with Crippen molar-refractivity contribution < 1.29 is 13.9 Å². The van der Waals surface area contributed by atoms with E-state index in [1.807, 2.05) is 11.4 Å². The quantitative estimate of drug-likeness (QED) is 0.748. The molecular weight excluding hydrogens is 354 g/mol. The number of carbonyl (C=O) groups excluding carboxylic acids is 1. The van der Waals surface area contributed by atoms with Crippen LogP contribution in [0.15, 0.2) is 20.7 Å². The lowest BCUT2D eigenvalue weighted by Crippen LogP contribution is -2.31. The number of ether oxygens (including phenoxy) is 1. The summed E-state index contributed by atoms with van der Waals surface area (Å²) in [6.07, 6.45) is 3.10. The number of nitrogen functional groups attached to an aromatic ring is 1. The van der Waals surface area contributed by atoms with Gasteiger partial charge in [0.2, 0.25) is 0 Å². The first kappa shape index (κ1) is 18.6. The van der Waals surface area contributed by atoms with Crippen molar-refractivity contribution in [2.24, 2.45) is 0 Å². The van der Waals surface area contributed by atoms with E-state index in [2.05, 4.69) is 10.3 Å². The average Bonchev–Trinajstić information content (AvgIpc) is 3.04. The molecule has 8 heteroatoms. The molecule has 1 aliphatic rings. The summed E-state index contributed by atoms with van der Waals surface area (Å²) >= 11 is 1.40. The Bertz CT molecular complexity index is 824. The molecule has 0 aromatic carbocycles. The molecular formula is C18H23N3O4S. The maximum atomic E-state index is 12.4. The Labute approximate surface area is 155 Å². The van der Waals surface area contributed by atoms with Crippen molar-refractivity contribution in [2.45, 2.75) is 38.5 Å². The van der Waals surface area contributed by atoms with Crippen molar-refractivity contribution >= 4 is 22.4 Å². The fraction of sp³-hybridized carbons (Fsp3) is 0.500. The third-order valence-corrected chi connectivity index (χ3v) is 5.21. The molecule has 0 spiro atoms. The molecule has 0 atom stereocenters. The number of thiazole rings is 1. The molecule has 0 saturated carbocycles. The molecule has 1 aliphatic heterocycles. The highest BCUT2D eigenvalue weighted by atomic mass is 32.1. The van der Waals surface area contributed by atoms with Crippen LogP contribution in [0.4, 0.5) is 5.13 Å². The lowest BCUT2D eigenvalue weighted by atomic mass is 9.95. The number of carbonyl (C=O) groups is 1. The highest BCUT2D eigenvalue weighted by Crippen LogP contribution is 2.27. The molecule has 0 unspecified atom stereocenters. The van der Waals surface area contributed by atoms with Crippen LogP contribution in [0.3, 0.4) is 0 Å². The van der Waals surface area contributed by atoms with Crippen LogP contribution in [-0.4, -0.2) is 30.6 Å². The van der Waals surface area contributed by atoms with Gasteiger partial charge in [0.05, 0.1) is 5.69 Å². The monoisotopic (exact) mass is 377 g/mol. The van der Waals surface area contributed by atoms with Crippen molar-refractivity contribution in [1.82, 2.24) is 10.3 Å². The molecule has 1 fully saturated rings. The molecule has 2 aromatic heterocycles. The van der Waals surface area contributed by atoms with Crippen molar-refractivity contribution in [3.05, 3.63) is 44.4 Å². The summed E-state index contributed by atoms with van der Waals surface area (Å²) in [7, 11) is 0. The average molecular weight is 377 g/mol. The molecule has 7 nitrogen and oxygen atoms in total. The van der Waals surface area contributed by atoms with Gasteiger partial charge in [0.25, 0.3) is 5.91 Å². The van der Waals surface area contributed by atoms with Gasteiger partial charge in [-0.05, 0) is 44.2 Å². The third-order valence-electron chi connectivity index (χ3n) is 4.48. The first-order chi connectivity index (χ1) is 12.5. The number of nitrogens with zero attached hydrogens (tertiary/aromatic N) is 1. The van der Waals surface area contributed by atoms with Crippen LogP contribution in [0.5, 0.6) is 0 Å². The summed E-state index contributed by atoms with van der Waals surface area (Å²) in [5.74, 6) is 0.429. The number of amides is 1. The van der Waals surface area contributed by atoms with E-state index >= 15 is 0 Å². The Morgan fingerprint density at radius 1 is 1.42 bits per heavy atom. The Hall–Kier alpha value is -2.19. The molecule has 1 saturated heterocycles. The van der Waals surface area contributed by atoms with Crippen molar-refractivity contribution in [3.63, 3.8) is 0 Å². The van der Waals surface area contributed by atoms with Crippen molar-refractivity contribution in [3.8, 4) is 0 Å². The summed E-state index contributed by atoms with van der Waals surface area (Å²) in [6.45, 7) is 3.56. The van der Waals surface area contributed by atoms with Crippen LogP contribution in [0.25, 0.3) is 0 Å². The molecule has 3 heterocycles. The highest BCUT2D eigenvalue weighted by molar-refractivity contribution is 7.13. The fourth-order valence-corrected chi connectivity index (χ4v) is 3.68. The standard InChI is InChI=1S/C18H23N3O4S/c1-11-9-14(12-4-7-24-8-5-12)25-17(23)15(11)16(22)20-6-2-3-13-10-26-18(19)21-13/h9-10,12H,2-8H2,1H3,(H2,19,21)(H,20,22). The van der Waals surface area contributed by atoms with Crippen LogP contribution in [0.1, 0.15) is 52.6 Å². The van der Waals surface area contributed by atoms with Crippen molar-refractivity contribution in [1.29, 1.82) is 0 Å². The molecule has 26 heavy (non-hydrogen) atoms. The Morgan fingerprint density at radius 3 is 2.85 bits per heavy atom. The van der Waals surface area contributed by atoms with E-state index in [1.54, 1.807) is 6.92 Å². The maximum absolute atomic E-state index is 12.4. The first-order valence-electron chi connectivity index (χ1n) is 8.75. The van der Waals surface area contributed by atoms with Crippen LogP contribution < -0.4 is 16.7 Å². The van der Waals surface area contributed by atoms with E-state index in [0.29, 0.717) is 36.2 Å². The minimum atomic E-state index is -0.573. The maximum Gasteiger partial charge on any atom is 0.349 e. The van der Waals surface area contributed by atoms with E-state index in [9.17, 15) is 9.59 Å². The second kappa shape index (κ2) is 8.46. The SMILES string of the molecule is Cc1cc(C2CCOCC2)oc(=O)c1C(=O)NCCCc1csc(N)n1. The molecule has 140 valence electrons. The zero-order valence-electron chi connectivity index (χ0n) is 14.7. The second-order valence-corrected chi connectivity index (χ2v) is 7.31. The van der Waals surface area contributed by atoms with Gasteiger partial charge in [-0.1, -0.05) is 0 Å². The number of nitrogens with two attached hydrogens (primary N) is 1. The van der Waals surface area contributed by atoms with E-state index in [4.69, 9.17) is 14.9 Å². The lowest BCUT2D eigenvalue weighted by Gasteiger charge is -2.21. The summed E-state index contributed by atoms with van der Waals surface area (Å²) in [4.78, 5) is 28.9. The summed E-state index contributed by atoms with van der Waals surface area (Å²) in [6, 6.07) is 1.81. The number of anilines is 1. The van der Waals surface area contributed by atoms with Gasteiger partial charge in [-0.2, -0.15) is 0 Å². The molecule has 0 radical (unpaired) electrons. The van der Waals surface area contributed by atoms with Gasteiger partial charge in [-0.25, -0.2) is 9.78 Å². The molecule has 1 amide bonds. The number of nitrogens with one attached hydrogen (secondary N) is 1. The van der Waals surface area contributed by atoms with E-state index in [1.165, 1.54) is 11.3 Å². The first-order valence-corrected chi connectivity index (χ1v) is 9.63. The molecule has 3 rings (SSSR count).